The Hall–Kier alpha value is -2.60. The Morgan fingerprint density at radius 2 is 1.96 bits per heavy atom. The van der Waals surface area contributed by atoms with Crippen molar-refractivity contribution in [1.82, 2.24) is 4.90 Å². The van der Waals surface area contributed by atoms with Crippen LogP contribution in [0.3, 0.4) is 0 Å². The first-order valence-electron chi connectivity index (χ1n) is 7.47. The fourth-order valence-corrected chi connectivity index (χ4v) is 2.37. The van der Waals surface area contributed by atoms with Gasteiger partial charge in [0.2, 0.25) is 5.91 Å². The number of ether oxygens (including phenoxy) is 1. The zero-order valence-electron chi connectivity index (χ0n) is 14.1. The number of aryl methyl sites for hydroxylation is 1. The Morgan fingerprint density at radius 1 is 1.24 bits per heavy atom. The topological polar surface area (TPSA) is 58.6 Å². The molecule has 2 amide bonds. The normalized spacial score (nSPS) is 10.3. The van der Waals surface area contributed by atoms with Gasteiger partial charge in [0.05, 0.1) is 19.3 Å². The zero-order chi connectivity index (χ0) is 18.6. The third-order valence-electron chi connectivity index (χ3n) is 3.58. The molecule has 25 heavy (non-hydrogen) atoms. The van der Waals surface area contributed by atoms with Crippen molar-refractivity contribution in [3.8, 4) is 5.75 Å². The van der Waals surface area contributed by atoms with E-state index in [1.807, 2.05) is 0 Å². The number of halogens is 2. The van der Waals surface area contributed by atoms with Crippen molar-refractivity contribution in [2.45, 2.75) is 6.92 Å². The van der Waals surface area contributed by atoms with Crippen LogP contribution in [0.25, 0.3) is 0 Å². The number of hydrogen-bond acceptors (Lipinski definition) is 3. The molecule has 0 radical (unpaired) electrons. The number of anilines is 1. The Balaban J connectivity index is 2.05. The fourth-order valence-electron chi connectivity index (χ4n) is 2.20. The maximum atomic E-state index is 13.6. The van der Waals surface area contributed by atoms with Crippen LogP contribution in [0.2, 0.25) is 5.02 Å². The second kappa shape index (κ2) is 7.98. The quantitative estimate of drug-likeness (QED) is 0.883. The number of nitrogens with zero attached hydrogens (tertiary/aromatic N) is 1. The number of likely N-dealkylation sites (N-methyl/N-ethyl adjacent to an activating group) is 1. The summed E-state index contributed by atoms with van der Waals surface area (Å²) in [6, 6.07) is 9.02. The summed E-state index contributed by atoms with van der Waals surface area (Å²) in [6.07, 6.45) is 0. The molecule has 0 bridgehead atoms. The van der Waals surface area contributed by atoms with Crippen molar-refractivity contribution >= 4 is 29.1 Å². The Bertz CT molecular complexity index is 811. The van der Waals surface area contributed by atoms with Crippen LogP contribution in [0.4, 0.5) is 10.1 Å². The number of nitrogens with one attached hydrogen (secondary N) is 1. The van der Waals surface area contributed by atoms with Gasteiger partial charge in [0.15, 0.2) is 0 Å². The molecule has 0 saturated carbocycles. The van der Waals surface area contributed by atoms with Gasteiger partial charge in [0.1, 0.15) is 11.6 Å². The molecule has 0 unspecified atom stereocenters. The monoisotopic (exact) mass is 364 g/mol. The lowest BCUT2D eigenvalue weighted by molar-refractivity contribution is -0.116. The highest BCUT2D eigenvalue weighted by molar-refractivity contribution is 6.31. The molecule has 7 heteroatoms. The van der Waals surface area contributed by atoms with E-state index in [0.717, 1.165) is 6.07 Å². The largest absolute Gasteiger partial charge is 0.495 e. The van der Waals surface area contributed by atoms with Gasteiger partial charge in [-0.1, -0.05) is 17.7 Å². The minimum absolute atomic E-state index is 0.179. The molecule has 0 aliphatic carbocycles. The number of amides is 2. The summed E-state index contributed by atoms with van der Waals surface area (Å²) >= 11 is 5.91. The average Bonchev–Trinajstić information content (AvgIpc) is 2.56. The van der Waals surface area contributed by atoms with E-state index in [1.54, 1.807) is 25.1 Å². The van der Waals surface area contributed by atoms with Crippen molar-refractivity contribution in [1.29, 1.82) is 0 Å². The summed E-state index contributed by atoms with van der Waals surface area (Å²) in [4.78, 5) is 25.7. The van der Waals surface area contributed by atoms with E-state index in [2.05, 4.69) is 5.32 Å². The van der Waals surface area contributed by atoms with Gasteiger partial charge in [-0.05, 0) is 42.8 Å². The summed E-state index contributed by atoms with van der Waals surface area (Å²) < 4.78 is 18.7. The van der Waals surface area contributed by atoms with Crippen LogP contribution in [0.1, 0.15) is 15.9 Å². The van der Waals surface area contributed by atoms with Crippen LogP contribution < -0.4 is 10.1 Å². The van der Waals surface area contributed by atoms with Gasteiger partial charge in [-0.15, -0.1) is 0 Å². The molecule has 0 saturated heterocycles. The van der Waals surface area contributed by atoms with Crippen molar-refractivity contribution in [3.63, 3.8) is 0 Å². The van der Waals surface area contributed by atoms with E-state index in [0.29, 0.717) is 22.0 Å². The van der Waals surface area contributed by atoms with E-state index >= 15 is 0 Å². The van der Waals surface area contributed by atoms with Crippen molar-refractivity contribution < 1.29 is 18.7 Å². The van der Waals surface area contributed by atoms with Crippen LogP contribution in [0, 0.1) is 12.7 Å². The number of rotatable bonds is 5. The Labute approximate surface area is 150 Å². The molecule has 2 rings (SSSR count). The molecule has 0 aliphatic rings. The van der Waals surface area contributed by atoms with Crippen molar-refractivity contribution in [2.24, 2.45) is 0 Å². The molecule has 0 aromatic heterocycles. The predicted octanol–water partition coefficient (Wildman–Crippen LogP) is 3.51. The van der Waals surface area contributed by atoms with Crippen LogP contribution in [0.15, 0.2) is 36.4 Å². The summed E-state index contributed by atoms with van der Waals surface area (Å²) in [5.74, 6) is -0.893. The lowest BCUT2D eigenvalue weighted by Gasteiger charge is -2.18. The molecule has 0 aliphatic heterocycles. The third-order valence-corrected chi connectivity index (χ3v) is 3.82. The highest BCUT2D eigenvalue weighted by atomic mass is 35.5. The van der Waals surface area contributed by atoms with Gasteiger partial charge in [-0.2, -0.15) is 0 Å². The van der Waals surface area contributed by atoms with Gasteiger partial charge in [0.25, 0.3) is 5.91 Å². The first kappa shape index (κ1) is 18.7. The molecule has 1 N–H and O–H groups in total. The van der Waals surface area contributed by atoms with E-state index < -0.39 is 17.6 Å². The molecular formula is C18H18ClFN2O3. The van der Waals surface area contributed by atoms with Crippen LogP contribution >= 0.6 is 11.6 Å². The van der Waals surface area contributed by atoms with E-state index in [9.17, 15) is 14.0 Å². The SMILES string of the molecule is COc1ccc(Cl)cc1NC(=O)CN(C)C(=O)c1ccc(C)c(F)c1. The lowest BCUT2D eigenvalue weighted by atomic mass is 10.1. The van der Waals surface area contributed by atoms with Crippen molar-refractivity contribution in [3.05, 3.63) is 58.4 Å². The summed E-state index contributed by atoms with van der Waals surface area (Å²) in [6.45, 7) is 1.41. The van der Waals surface area contributed by atoms with Gasteiger partial charge < -0.3 is 15.0 Å². The molecule has 132 valence electrons. The summed E-state index contributed by atoms with van der Waals surface area (Å²) in [5, 5.41) is 3.08. The third kappa shape index (κ3) is 4.70. The second-order valence-electron chi connectivity index (χ2n) is 5.52. The van der Waals surface area contributed by atoms with Crippen LogP contribution in [-0.2, 0) is 4.79 Å². The second-order valence-corrected chi connectivity index (χ2v) is 5.95. The van der Waals surface area contributed by atoms with Gasteiger partial charge in [-0.25, -0.2) is 4.39 Å². The zero-order valence-corrected chi connectivity index (χ0v) is 14.9. The molecule has 5 nitrogen and oxygen atoms in total. The molecule has 0 spiro atoms. The first-order chi connectivity index (χ1) is 11.8. The van der Waals surface area contributed by atoms with Crippen LogP contribution in [-0.4, -0.2) is 37.4 Å². The smallest absolute Gasteiger partial charge is 0.254 e. The fraction of sp³-hybridized carbons (Fsp3) is 0.222. The molecule has 0 heterocycles. The Morgan fingerprint density at radius 3 is 2.60 bits per heavy atom. The van der Waals surface area contributed by atoms with E-state index in [4.69, 9.17) is 16.3 Å². The highest BCUT2D eigenvalue weighted by Gasteiger charge is 2.17. The maximum absolute atomic E-state index is 13.6. The summed E-state index contributed by atoms with van der Waals surface area (Å²) in [5.41, 5.74) is 1.03. The van der Waals surface area contributed by atoms with E-state index in [1.165, 1.54) is 31.2 Å². The number of carbonyl (C=O) groups is 2. The van der Waals surface area contributed by atoms with Gasteiger partial charge in [-0.3, -0.25) is 9.59 Å². The minimum Gasteiger partial charge on any atom is -0.495 e. The highest BCUT2D eigenvalue weighted by Crippen LogP contribution is 2.27. The molecule has 0 fully saturated rings. The number of benzene rings is 2. The molecule has 2 aromatic rings. The van der Waals surface area contributed by atoms with Gasteiger partial charge in [0, 0.05) is 17.6 Å². The Kier molecular flexibility index (Phi) is 5.98. The lowest BCUT2D eigenvalue weighted by Crippen LogP contribution is -2.35. The van der Waals surface area contributed by atoms with Crippen LogP contribution in [0.5, 0.6) is 5.75 Å². The first-order valence-corrected chi connectivity index (χ1v) is 7.84. The summed E-state index contributed by atoms with van der Waals surface area (Å²) in [7, 11) is 2.94. The standard InChI is InChI=1S/C18H18ClFN2O3/c1-11-4-5-12(8-14(11)20)18(24)22(2)10-17(23)21-15-9-13(19)6-7-16(15)25-3/h4-9H,10H2,1-3H3,(H,21,23). The minimum atomic E-state index is -0.465. The molecular weight excluding hydrogens is 347 g/mol. The molecule has 2 aromatic carbocycles. The number of hydrogen-bond donors (Lipinski definition) is 1. The van der Waals surface area contributed by atoms with Crippen molar-refractivity contribution in [2.75, 3.05) is 26.0 Å². The average molecular weight is 365 g/mol. The molecule has 0 atom stereocenters. The number of carbonyl (C=O) groups excluding carboxylic acids is 2. The van der Waals surface area contributed by atoms with E-state index in [-0.39, 0.29) is 12.1 Å². The van der Waals surface area contributed by atoms with Gasteiger partial charge >= 0.3 is 0 Å². The predicted molar refractivity (Wildman–Crippen MR) is 94.7 cm³/mol. The maximum Gasteiger partial charge on any atom is 0.254 e. The number of methoxy groups -OCH3 is 1.